The summed E-state index contributed by atoms with van der Waals surface area (Å²) in [6.07, 6.45) is 2.76. The van der Waals surface area contributed by atoms with Gasteiger partial charge in [0.25, 0.3) is 0 Å². The van der Waals surface area contributed by atoms with Gasteiger partial charge in [-0.2, -0.15) is 5.10 Å². The lowest BCUT2D eigenvalue weighted by atomic mass is 10.1. The molecule has 0 aliphatic rings. The molecule has 0 spiro atoms. The van der Waals surface area contributed by atoms with Crippen LogP contribution in [0.3, 0.4) is 0 Å². The first-order valence-electron chi connectivity index (χ1n) is 9.28. The number of guanidine groups is 1. The highest BCUT2D eigenvalue weighted by molar-refractivity contribution is 5.83. The fourth-order valence-corrected chi connectivity index (χ4v) is 3.39. The average Bonchev–Trinajstić information content (AvgIpc) is 2.91. The number of para-hydroxylation sites is 1. The van der Waals surface area contributed by atoms with Gasteiger partial charge in [-0.15, -0.1) is 0 Å². The summed E-state index contributed by atoms with van der Waals surface area (Å²) in [5.41, 5.74) is 5.82. The van der Waals surface area contributed by atoms with E-state index in [0.29, 0.717) is 6.54 Å². The molecule has 0 radical (unpaired) electrons. The molecular formula is C21H28N6. The van der Waals surface area contributed by atoms with Crippen molar-refractivity contribution in [1.82, 2.24) is 25.4 Å². The molecule has 27 heavy (non-hydrogen) atoms. The Hall–Kier alpha value is -2.89. The zero-order valence-electron chi connectivity index (χ0n) is 16.7. The lowest BCUT2D eigenvalue weighted by Gasteiger charge is -2.18. The van der Waals surface area contributed by atoms with Gasteiger partial charge in [0.05, 0.1) is 11.2 Å². The van der Waals surface area contributed by atoms with Gasteiger partial charge in [-0.05, 0) is 50.5 Å². The molecule has 0 saturated heterocycles. The number of rotatable bonds is 5. The van der Waals surface area contributed by atoms with Crippen molar-refractivity contribution >= 4 is 16.9 Å². The highest BCUT2D eigenvalue weighted by Gasteiger charge is 2.14. The number of aryl methyl sites for hydroxylation is 2. The smallest absolute Gasteiger partial charge is 0.191 e. The van der Waals surface area contributed by atoms with Gasteiger partial charge in [-0.1, -0.05) is 18.2 Å². The maximum absolute atomic E-state index is 4.51. The number of aliphatic imine (C=N–C) groups is 1. The standard InChI is InChI=1S/C21H28N6/c1-14(12-19-15(2)26-27(5)16(19)3)25-21(22-4)24-13-17-10-11-23-20-9-7-6-8-18(17)20/h6-11,14H,12-13H2,1-5H3,(H2,22,24,25). The van der Waals surface area contributed by atoms with Crippen LogP contribution in [-0.4, -0.2) is 33.8 Å². The van der Waals surface area contributed by atoms with E-state index in [1.165, 1.54) is 16.8 Å². The Balaban J connectivity index is 1.64. The van der Waals surface area contributed by atoms with Crippen LogP contribution in [-0.2, 0) is 20.0 Å². The molecule has 3 aromatic rings. The second-order valence-electron chi connectivity index (χ2n) is 6.94. The van der Waals surface area contributed by atoms with Crippen LogP contribution in [0, 0.1) is 13.8 Å². The second-order valence-corrected chi connectivity index (χ2v) is 6.94. The average molecular weight is 364 g/mol. The Morgan fingerprint density at radius 2 is 2.00 bits per heavy atom. The summed E-state index contributed by atoms with van der Waals surface area (Å²) in [5.74, 6) is 0.794. The molecule has 3 rings (SSSR count). The number of aromatic nitrogens is 3. The van der Waals surface area contributed by atoms with Crippen LogP contribution in [0.25, 0.3) is 10.9 Å². The molecule has 142 valence electrons. The Morgan fingerprint density at radius 3 is 2.70 bits per heavy atom. The van der Waals surface area contributed by atoms with Crippen molar-refractivity contribution in [2.75, 3.05) is 7.05 Å². The first-order chi connectivity index (χ1) is 13.0. The van der Waals surface area contributed by atoms with Crippen LogP contribution in [0.5, 0.6) is 0 Å². The van der Waals surface area contributed by atoms with Crippen molar-refractivity contribution in [2.24, 2.45) is 12.0 Å². The van der Waals surface area contributed by atoms with Crippen LogP contribution < -0.4 is 10.6 Å². The normalized spacial score (nSPS) is 13.0. The topological polar surface area (TPSA) is 67.1 Å². The van der Waals surface area contributed by atoms with Gasteiger partial charge in [0.15, 0.2) is 5.96 Å². The molecule has 0 bridgehead atoms. The van der Waals surface area contributed by atoms with Gasteiger partial charge in [0.1, 0.15) is 0 Å². The van der Waals surface area contributed by atoms with Gasteiger partial charge in [0.2, 0.25) is 0 Å². The fourth-order valence-electron chi connectivity index (χ4n) is 3.39. The van der Waals surface area contributed by atoms with E-state index in [1.54, 1.807) is 7.05 Å². The lowest BCUT2D eigenvalue weighted by molar-refractivity contribution is 0.635. The van der Waals surface area contributed by atoms with Crippen LogP contribution in [0.2, 0.25) is 0 Å². The summed E-state index contributed by atoms with van der Waals surface area (Å²) >= 11 is 0. The Labute approximate surface area is 160 Å². The molecule has 2 N–H and O–H groups in total. The SMILES string of the molecule is CN=C(NCc1ccnc2ccccc12)NC(C)Cc1c(C)nn(C)c1C. The summed E-state index contributed by atoms with van der Waals surface area (Å²) < 4.78 is 1.94. The van der Waals surface area contributed by atoms with Crippen molar-refractivity contribution in [1.29, 1.82) is 0 Å². The van der Waals surface area contributed by atoms with E-state index in [4.69, 9.17) is 0 Å². The van der Waals surface area contributed by atoms with Crippen molar-refractivity contribution in [3.63, 3.8) is 0 Å². The van der Waals surface area contributed by atoms with Gasteiger partial charge >= 0.3 is 0 Å². The first kappa shape index (κ1) is 18.9. The monoisotopic (exact) mass is 364 g/mol. The minimum Gasteiger partial charge on any atom is -0.354 e. The predicted octanol–water partition coefficient (Wildman–Crippen LogP) is 2.88. The lowest BCUT2D eigenvalue weighted by Crippen LogP contribution is -2.42. The quantitative estimate of drug-likeness (QED) is 0.540. The molecule has 0 aliphatic heterocycles. The molecule has 6 nitrogen and oxygen atoms in total. The van der Waals surface area contributed by atoms with Gasteiger partial charge in [-0.3, -0.25) is 14.7 Å². The molecule has 1 atom stereocenters. The number of nitrogens with one attached hydrogen (secondary N) is 2. The highest BCUT2D eigenvalue weighted by Crippen LogP contribution is 2.16. The molecule has 0 amide bonds. The van der Waals surface area contributed by atoms with Gasteiger partial charge in [0, 0.05) is 44.0 Å². The maximum Gasteiger partial charge on any atom is 0.191 e. The van der Waals surface area contributed by atoms with Crippen LogP contribution in [0.4, 0.5) is 0 Å². The van der Waals surface area contributed by atoms with Gasteiger partial charge < -0.3 is 10.6 Å². The van der Waals surface area contributed by atoms with E-state index in [-0.39, 0.29) is 6.04 Å². The zero-order chi connectivity index (χ0) is 19.4. The molecule has 2 heterocycles. The highest BCUT2D eigenvalue weighted by atomic mass is 15.3. The van der Waals surface area contributed by atoms with Crippen molar-refractivity contribution < 1.29 is 0 Å². The summed E-state index contributed by atoms with van der Waals surface area (Å²) in [6.45, 7) is 7.04. The zero-order valence-corrected chi connectivity index (χ0v) is 16.7. The number of hydrogen-bond acceptors (Lipinski definition) is 3. The summed E-state index contributed by atoms with van der Waals surface area (Å²) in [5, 5.41) is 12.6. The molecule has 0 fully saturated rings. The minimum atomic E-state index is 0.243. The Morgan fingerprint density at radius 1 is 1.22 bits per heavy atom. The van der Waals surface area contributed by atoms with E-state index in [1.807, 2.05) is 36.1 Å². The predicted molar refractivity (Wildman–Crippen MR) is 111 cm³/mol. The van der Waals surface area contributed by atoms with E-state index in [9.17, 15) is 0 Å². The van der Waals surface area contributed by atoms with E-state index in [2.05, 4.69) is 58.6 Å². The van der Waals surface area contributed by atoms with Crippen molar-refractivity contribution in [3.8, 4) is 0 Å². The van der Waals surface area contributed by atoms with E-state index in [0.717, 1.165) is 29.0 Å². The van der Waals surface area contributed by atoms with Crippen LogP contribution in [0.15, 0.2) is 41.5 Å². The third-order valence-electron chi connectivity index (χ3n) is 4.96. The number of hydrogen-bond donors (Lipinski definition) is 2. The third kappa shape index (κ3) is 4.27. The van der Waals surface area contributed by atoms with Crippen molar-refractivity contribution in [3.05, 3.63) is 59.0 Å². The number of pyridine rings is 1. The third-order valence-corrected chi connectivity index (χ3v) is 4.96. The van der Waals surface area contributed by atoms with Crippen LogP contribution >= 0.6 is 0 Å². The number of nitrogens with zero attached hydrogens (tertiary/aromatic N) is 4. The fraction of sp³-hybridized carbons (Fsp3) is 0.381. The minimum absolute atomic E-state index is 0.243. The number of benzene rings is 1. The summed E-state index contributed by atoms with van der Waals surface area (Å²) in [4.78, 5) is 8.79. The second kappa shape index (κ2) is 8.20. The Bertz CT molecular complexity index is 951. The van der Waals surface area contributed by atoms with Crippen molar-refractivity contribution in [2.45, 2.75) is 39.8 Å². The molecule has 2 aromatic heterocycles. The Kier molecular flexibility index (Phi) is 5.74. The molecular weight excluding hydrogens is 336 g/mol. The summed E-state index contributed by atoms with van der Waals surface area (Å²) in [7, 11) is 3.79. The first-order valence-corrected chi connectivity index (χ1v) is 9.28. The molecule has 1 aromatic carbocycles. The molecule has 1 unspecified atom stereocenters. The van der Waals surface area contributed by atoms with E-state index >= 15 is 0 Å². The van der Waals surface area contributed by atoms with Gasteiger partial charge in [-0.25, -0.2) is 0 Å². The summed E-state index contributed by atoms with van der Waals surface area (Å²) in [6, 6.07) is 10.5. The molecule has 0 saturated carbocycles. The number of fused-ring (bicyclic) bond motifs is 1. The molecule has 0 aliphatic carbocycles. The maximum atomic E-state index is 4.51. The largest absolute Gasteiger partial charge is 0.354 e. The molecule has 6 heteroatoms. The van der Waals surface area contributed by atoms with Crippen LogP contribution in [0.1, 0.15) is 29.4 Å². The van der Waals surface area contributed by atoms with E-state index < -0.39 is 0 Å².